The molecular weight excluding hydrogens is 308 g/mol. The third-order valence-electron chi connectivity index (χ3n) is 2.93. The van der Waals surface area contributed by atoms with E-state index in [1.165, 1.54) is 6.33 Å². The number of carbonyl (C=O) groups excluding carboxylic acids is 1. The van der Waals surface area contributed by atoms with E-state index in [1.54, 1.807) is 6.20 Å². The zero-order valence-corrected chi connectivity index (χ0v) is 12.0. The highest BCUT2D eigenvalue weighted by Gasteiger charge is 2.18. The van der Waals surface area contributed by atoms with Gasteiger partial charge in [0.1, 0.15) is 12.9 Å². The minimum Gasteiger partial charge on any atom is -0.467 e. The molecule has 0 aliphatic heterocycles. The second kappa shape index (κ2) is 6.43. The monoisotopic (exact) mass is 320 g/mol. The van der Waals surface area contributed by atoms with Crippen molar-refractivity contribution in [2.75, 3.05) is 6.61 Å². The molecule has 0 spiro atoms. The molecule has 0 N–H and O–H groups in total. The van der Waals surface area contributed by atoms with Crippen molar-refractivity contribution in [3.8, 4) is 0 Å². The van der Waals surface area contributed by atoms with E-state index in [9.17, 15) is 4.79 Å². The van der Waals surface area contributed by atoms with Crippen LogP contribution >= 0.6 is 15.9 Å². The molecule has 1 unspecified atom stereocenters. The Hall–Kier alpha value is -1.75. The van der Waals surface area contributed by atoms with E-state index in [1.807, 2.05) is 31.2 Å². The molecule has 98 valence electrons. The Balaban J connectivity index is 2.38. The molecule has 2 rings (SSSR count). The highest BCUT2D eigenvalue weighted by Crippen LogP contribution is 2.27. The molecule has 2 aromatic rings. The van der Waals surface area contributed by atoms with Crippen LogP contribution in [0.15, 0.2) is 41.3 Å². The summed E-state index contributed by atoms with van der Waals surface area (Å²) in [7, 11) is 0. The van der Waals surface area contributed by atoms with Crippen LogP contribution < -0.4 is 0 Å². The second-order valence-corrected chi connectivity index (χ2v) is 5.01. The summed E-state index contributed by atoms with van der Waals surface area (Å²) in [6.07, 6.45) is 3.28. The lowest BCUT2D eigenvalue weighted by atomic mass is 9.92. The van der Waals surface area contributed by atoms with Crippen LogP contribution in [0.5, 0.6) is 0 Å². The van der Waals surface area contributed by atoms with E-state index in [-0.39, 0.29) is 12.5 Å². The van der Waals surface area contributed by atoms with Gasteiger partial charge in [0.05, 0.1) is 0 Å². The first-order valence-corrected chi connectivity index (χ1v) is 6.59. The molecule has 0 saturated carbocycles. The third kappa shape index (κ3) is 3.38. The third-order valence-corrected chi connectivity index (χ3v) is 3.46. The number of hydrogen-bond donors (Lipinski definition) is 0. The van der Waals surface area contributed by atoms with E-state index in [0.29, 0.717) is 6.47 Å². The molecule has 0 amide bonds. The van der Waals surface area contributed by atoms with Crippen LogP contribution in [-0.2, 0) is 9.53 Å². The van der Waals surface area contributed by atoms with Crippen LogP contribution in [0.3, 0.4) is 0 Å². The Labute approximate surface area is 120 Å². The zero-order valence-electron chi connectivity index (χ0n) is 10.4. The topological polar surface area (TPSA) is 52.1 Å². The summed E-state index contributed by atoms with van der Waals surface area (Å²) in [6, 6.07) is 7.91. The predicted molar refractivity (Wildman–Crippen MR) is 74.8 cm³/mol. The van der Waals surface area contributed by atoms with Gasteiger partial charge >= 0.3 is 0 Å². The van der Waals surface area contributed by atoms with Crippen molar-refractivity contribution < 1.29 is 9.53 Å². The van der Waals surface area contributed by atoms with Gasteiger partial charge in [-0.1, -0.05) is 28.1 Å². The molecule has 0 radical (unpaired) electrons. The zero-order chi connectivity index (χ0) is 13.7. The summed E-state index contributed by atoms with van der Waals surface area (Å²) in [5, 5.41) is 0. The molecule has 1 aromatic carbocycles. The summed E-state index contributed by atoms with van der Waals surface area (Å²) < 4.78 is 5.95. The van der Waals surface area contributed by atoms with Gasteiger partial charge in [-0.25, -0.2) is 9.97 Å². The number of ether oxygens (including phenoxy) is 1. The Morgan fingerprint density at radius 3 is 2.74 bits per heavy atom. The number of carbonyl (C=O) groups is 1. The van der Waals surface area contributed by atoms with Crippen LogP contribution in [0.2, 0.25) is 0 Å². The Kier molecular flexibility index (Phi) is 4.63. The van der Waals surface area contributed by atoms with E-state index < -0.39 is 0 Å². The lowest BCUT2D eigenvalue weighted by Gasteiger charge is -2.17. The van der Waals surface area contributed by atoms with Crippen molar-refractivity contribution in [1.29, 1.82) is 0 Å². The molecule has 0 saturated heterocycles. The minimum absolute atomic E-state index is 0.0560. The van der Waals surface area contributed by atoms with Crippen LogP contribution in [0, 0.1) is 6.92 Å². The van der Waals surface area contributed by atoms with Gasteiger partial charge in [0.2, 0.25) is 0 Å². The first kappa shape index (κ1) is 13.7. The van der Waals surface area contributed by atoms with Crippen molar-refractivity contribution in [3.63, 3.8) is 0 Å². The summed E-state index contributed by atoms with van der Waals surface area (Å²) in [4.78, 5) is 18.7. The maximum Gasteiger partial charge on any atom is 0.293 e. The average molecular weight is 321 g/mol. The maximum absolute atomic E-state index is 10.5. The lowest BCUT2D eigenvalue weighted by Crippen LogP contribution is -2.11. The number of halogens is 1. The number of aryl methyl sites for hydroxylation is 1. The highest BCUT2D eigenvalue weighted by atomic mass is 79.9. The Morgan fingerprint density at radius 1 is 1.37 bits per heavy atom. The van der Waals surface area contributed by atoms with Crippen molar-refractivity contribution in [1.82, 2.24) is 9.97 Å². The fourth-order valence-electron chi connectivity index (χ4n) is 1.94. The Morgan fingerprint density at radius 2 is 2.11 bits per heavy atom. The molecule has 5 heteroatoms. The van der Waals surface area contributed by atoms with Crippen molar-refractivity contribution in [3.05, 3.63) is 58.1 Å². The van der Waals surface area contributed by atoms with E-state index in [4.69, 9.17) is 4.74 Å². The second-order valence-electron chi connectivity index (χ2n) is 4.10. The smallest absolute Gasteiger partial charge is 0.293 e. The number of nitrogens with zero attached hydrogens (tertiary/aromatic N) is 2. The first-order valence-electron chi connectivity index (χ1n) is 5.79. The molecule has 1 aromatic heterocycles. The SMILES string of the molecule is Cc1ncncc1C(COC=O)c1ccc(Br)cc1. The van der Waals surface area contributed by atoms with Gasteiger partial charge in [-0.05, 0) is 24.6 Å². The molecule has 4 nitrogen and oxygen atoms in total. The molecule has 19 heavy (non-hydrogen) atoms. The molecule has 0 aliphatic carbocycles. The molecule has 0 fully saturated rings. The van der Waals surface area contributed by atoms with Crippen LogP contribution in [0.25, 0.3) is 0 Å². The fraction of sp³-hybridized carbons (Fsp3) is 0.214. The molecule has 1 atom stereocenters. The van der Waals surface area contributed by atoms with Gasteiger partial charge in [-0.3, -0.25) is 4.79 Å². The summed E-state index contributed by atoms with van der Waals surface area (Å²) >= 11 is 3.41. The average Bonchev–Trinajstić information content (AvgIpc) is 2.43. The minimum atomic E-state index is -0.0560. The normalized spacial score (nSPS) is 11.9. The number of hydrogen-bond acceptors (Lipinski definition) is 4. The highest BCUT2D eigenvalue weighted by molar-refractivity contribution is 9.10. The molecule has 0 bridgehead atoms. The van der Waals surface area contributed by atoms with Crippen molar-refractivity contribution >= 4 is 22.4 Å². The summed E-state index contributed by atoms with van der Waals surface area (Å²) in [5.74, 6) is -0.0560. The fourth-order valence-corrected chi connectivity index (χ4v) is 2.20. The standard InChI is InChI=1S/C14H13BrN2O2/c1-10-13(6-16-8-17-10)14(7-19-9-18)11-2-4-12(15)5-3-11/h2-6,8-9,14H,7H2,1H3. The molecule has 0 aliphatic rings. The predicted octanol–water partition coefficient (Wildman–Crippen LogP) is 2.85. The van der Waals surface area contributed by atoms with Gasteiger partial charge in [0, 0.05) is 27.8 Å². The van der Waals surface area contributed by atoms with Gasteiger partial charge in [0.15, 0.2) is 0 Å². The van der Waals surface area contributed by atoms with E-state index in [0.717, 1.165) is 21.3 Å². The summed E-state index contributed by atoms with van der Waals surface area (Å²) in [6.45, 7) is 2.66. The van der Waals surface area contributed by atoms with Gasteiger partial charge in [0.25, 0.3) is 6.47 Å². The van der Waals surface area contributed by atoms with E-state index >= 15 is 0 Å². The van der Waals surface area contributed by atoms with Gasteiger partial charge in [-0.2, -0.15) is 0 Å². The Bertz CT molecular complexity index is 558. The molecule has 1 heterocycles. The number of aromatic nitrogens is 2. The number of rotatable bonds is 5. The maximum atomic E-state index is 10.5. The van der Waals surface area contributed by atoms with Crippen LogP contribution in [0.4, 0.5) is 0 Å². The molecular formula is C14H13BrN2O2. The largest absolute Gasteiger partial charge is 0.467 e. The lowest BCUT2D eigenvalue weighted by molar-refractivity contribution is -0.128. The van der Waals surface area contributed by atoms with Crippen molar-refractivity contribution in [2.24, 2.45) is 0 Å². The van der Waals surface area contributed by atoms with E-state index in [2.05, 4.69) is 25.9 Å². The number of benzene rings is 1. The van der Waals surface area contributed by atoms with Crippen LogP contribution in [0.1, 0.15) is 22.7 Å². The van der Waals surface area contributed by atoms with Gasteiger partial charge in [-0.15, -0.1) is 0 Å². The van der Waals surface area contributed by atoms with Gasteiger partial charge < -0.3 is 4.74 Å². The quantitative estimate of drug-likeness (QED) is 0.795. The van der Waals surface area contributed by atoms with Crippen LogP contribution in [-0.4, -0.2) is 23.0 Å². The van der Waals surface area contributed by atoms with Crippen molar-refractivity contribution in [2.45, 2.75) is 12.8 Å². The summed E-state index contributed by atoms with van der Waals surface area (Å²) in [5.41, 5.74) is 2.91. The first-order chi connectivity index (χ1) is 9.22.